The van der Waals surface area contributed by atoms with E-state index in [0.717, 1.165) is 67.2 Å². The number of para-hydroxylation sites is 4. The van der Waals surface area contributed by atoms with Crippen molar-refractivity contribution < 1.29 is 0 Å². The number of hydrogen-bond donors (Lipinski definition) is 0. The minimum absolute atomic E-state index is 0.538. The van der Waals surface area contributed by atoms with Gasteiger partial charge in [-0.05, 0) is 117 Å². The maximum absolute atomic E-state index is 2.54. The summed E-state index contributed by atoms with van der Waals surface area (Å²) in [5, 5.41) is 4.83. The fraction of sp³-hybridized carbons (Fsp3) is 0.0137. The van der Waals surface area contributed by atoms with Gasteiger partial charge in [-0.2, -0.15) is 0 Å². The molecule has 2 heterocycles. The van der Waals surface area contributed by atoms with E-state index in [1.54, 1.807) is 0 Å². The summed E-state index contributed by atoms with van der Waals surface area (Å²) in [6, 6.07) is 110. The predicted molar refractivity (Wildman–Crippen MR) is 318 cm³/mol. The van der Waals surface area contributed by atoms with E-state index in [9.17, 15) is 0 Å². The van der Waals surface area contributed by atoms with Crippen LogP contribution < -0.4 is 4.90 Å². The van der Waals surface area contributed by atoms with Gasteiger partial charge in [0, 0.05) is 38.5 Å². The Labute approximate surface area is 442 Å². The van der Waals surface area contributed by atoms with E-state index in [-0.39, 0.29) is 0 Å². The second kappa shape index (κ2) is 17.6. The number of anilines is 3. The molecule has 3 heteroatoms. The SMILES string of the molecule is c1ccc(-c2ccc(N(c3ccc4c(c3)-c3ccccc3C4(c3ccccc3)c3ccccc3)c3cc(-n4c5ccccc5c5ccccc54)c4c5ccccc5n(-c5ccccc5)c4c3)c(-c3ccccc3)c2)cc1. The zero-order valence-electron chi connectivity index (χ0n) is 41.6. The lowest BCUT2D eigenvalue weighted by molar-refractivity contribution is 0.768. The summed E-state index contributed by atoms with van der Waals surface area (Å²) in [4.78, 5) is 2.54. The Morgan fingerprint density at radius 2 is 0.803 bits per heavy atom. The number of aromatic nitrogens is 2. The largest absolute Gasteiger partial charge is 0.310 e. The molecule has 0 saturated heterocycles. The number of benzene rings is 12. The summed E-state index contributed by atoms with van der Waals surface area (Å²) in [5.41, 5.74) is 21.5. The van der Waals surface area contributed by atoms with E-state index in [4.69, 9.17) is 0 Å². The summed E-state index contributed by atoms with van der Waals surface area (Å²) in [5.74, 6) is 0. The van der Waals surface area contributed by atoms with Gasteiger partial charge in [0.25, 0.3) is 0 Å². The Hall–Kier alpha value is -9.96. The fourth-order valence-electron chi connectivity index (χ4n) is 12.8. The molecule has 0 spiro atoms. The molecule has 0 bridgehead atoms. The van der Waals surface area contributed by atoms with Gasteiger partial charge in [0.05, 0.1) is 44.5 Å². The van der Waals surface area contributed by atoms with Gasteiger partial charge in [-0.1, -0.05) is 231 Å². The van der Waals surface area contributed by atoms with E-state index >= 15 is 0 Å². The van der Waals surface area contributed by atoms with E-state index in [0.29, 0.717) is 0 Å². The first-order valence-electron chi connectivity index (χ1n) is 26.3. The fourth-order valence-corrected chi connectivity index (χ4v) is 12.8. The first-order chi connectivity index (χ1) is 37.7. The molecule has 0 aliphatic heterocycles. The Morgan fingerprint density at radius 3 is 1.45 bits per heavy atom. The Morgan fingerprint density at radius 1 is 0.289 bits per heavy atom. The highest BCUT2D eigenvalue weighted by molar-refractivity contribution is 6.18. The molecule has 3 nitrogen and oxygen atoms in total. The lowest BCUT2D eigenvalue weighted by atomic mass is 9.68. The van der Waals surface area contributed by atoms with Crippen LogP contribution in [0.4, 0.5) is 17.1 Å². The van der Waals surface area contributed by atoms with Crippen LogP contribution in [0.3, 0.4) is 0 Å². The third-order valence-electron chi connectivity index (χ3n) is 16.0. The van der Waals surface area contributed by atoms with Gasteiger partial charge in [0.1, 0.15) is 0 Å². The second-order valence-corrected chi connectivity index (χ2v) is 20.0. The molecule has 1 aliphatic carbocycles. The molecule has 0 unspecified atom stereocenters. The Balaban J connectivity index is 1.09. The standard InChI is InChI=1S/C73H49N3/c1-6-24-50(25-7-1)52-42-45-69(62(46-52)51-26-8-2-9-27-51)74(56-43-44-65-63(47-56)58-34-16-20-38-64(58)73(65,53-28-10-3-11-29-53)54-30-12-4-13-31-54)57-48-70-72(61-37-19-23-41-68(61)75(70)55-32-14-5-15-33-55)71(49-57)76-66-39-21-17-35-59(66)60-36-18-22-40-67(60)76/h1-49H. The Kier molecular flexibility index (Phi) is 10.1. The average molecular weight is 968 g/mol. The normalized spacial score (nSPS) is 12.6. The van der Waals surface area contributed by atoms with Gasteiger partial charge < -0.3 is 14.0 Å². The summed E-state index contributed by atoms with van der Waals surface area (Å²) in [6.07, 6.45) is 0. The first kappa shape index (κ1) is 43.6. The van der Waals surface area contributed by atoms with Crippen molar-refractivity contribution in [3.63, 3.8) is 0 Å². The molecule has 356 valence electrons. The number of hydrogen-bond acceptors (Lipinski definition) is 1. The van der Waals surface area contributed by atoms with Crippen LogP contribution in [0.15, 0.2) is 297 Å². The zero-order chi connectivity index (χ0) is 50.2. The maximum atomic E-state index is 2.54. The second-order valence-electron chi connectivity index (χ2n) is 20.0. The molecule has 0 fully saturated rings. The lowest BCUT2D eigenvalue weighted by Gasteiger charge is -2.34. The zero-order valence-corrected chi connectivity index (χ0v) is 41.6. The molecule has 2 aromatic heterocycles. The van der Waals surface area contributed by atoms with Gasteiger partial charge in [0.2, 0.25) is 0 Å². The third kappa shape index (κ3) is 6.62. The highest BCUT2D eigenvalue weighted by Gasteiger charge is 2.46. The van der Waals surface area contributed by atoms with Crippen molar-refractivity contribution in [2.75, 3.05) is 4.90 Å². The molecule has 76 heavy (non-hydrogen) atoms. The maximum Gasteiger partial charge on any atom is 0.0713 e. The highest BCUT2D eigenvalue weighted by Crippen LogP contribution is 2.58. The van der Waals surface area contributed by atoms with Crippen molar-refractivity contribution in [1.29, 1.82) is 0 Å². The van der Waals surface area contributed by atoms with E-state index in [1.807, 2.05) is 0 Å². The van der Waals surface area contributed by atoms with Crippen molar-refractivity contribution in [2.45, 2.75) is 5.41 Å². The number of rotatable bonds is 9. The van der Waals surface area contributed by atoms with Crippen LogP contribution in [0.5, 0.6) is 0 Å². The highest BCUT2D eigenvalue weighted by atomic mass is 15.2. The molecule has 0 saturated carbocycles. The molecule has 15 rings (SSSR count). The number of nitrogens with zero attached hydrogens (tertiary/aromatic N) is 3. The monoisotopic (exact) mass is 967 g/mol. The average Bonchev–Trinajstić information content (AvgIpc) is 4.31. The smallest absolute Gasteiger partial charge is 0.0713 e. The van der Waals surface area contributed by atoms with Crippen molar-refractivity contribution in [3.8, 4) is 44.8 Å². The van der Waals surface area contributed by atoms with Crippen LogP contribution in [0.2, 0.25) is 0 Å². The van der Waals surface area contributed by atoms with Crippen LogP contribution in [0, 0.1) is 0 Å². The van der Waals surface area contributed by atoms with E-state index in [1.165, 1.54) is 60.5 Å². The summed E-state index contributed by atoms with van der Waals surface area (Å²) < 4.78 is 4.98. The van der Waals surface area contributed by atoms with Gasteiger partial charge >= 0.3 is 0 Å². The summed E-state index contributed by atoms with van der Waals surface area (Å²) in [7, 11) is 0. The topological polar surface area (TPSA) is 13.1 Å². The molecule has 12 aromatic carbocycles. The van der Waals surface area contributed by atoms with Crippen molar-refractivity contribution in [1.82, 2.24) is 9.13 Å². The van der Waals surface area contributed by atoms with Crippen LogP contribution in [0.1, 0.15) is 22.3 Å². The van der Waals surface area contributed by atoms with E-state index < -0.39 is 5.41 Å². The van der Waals surface area contributed by atoms with Crippen LogP contribution in [-0.2, 0) is 5.41 Å². The molecule has 0 N–H and O–H groups in total. The van der Waals surface area contributed by atoms with Crippen LogP contribution >= 0.6 is 0 Å². The Bertz CT molecular complexity index is 4400. The molecule has 1 aliphatic rings. The van der Waals surface area contributed by atoms with Gasteiger partial charge in [-0.15, -0.1) is 0 Å². The number of fused-ring (bicyclic) bond motifs is 9. The summed E-state index contributed by atoms with van der Waals surface area (Å²) in [6.45, 7) is 0. The van der Waals surface area contributed by atoms with Gasteiger partial charge in [-0.25, -0.2) is 0 Å². The van der Waals surface area contributed by atoms with Crippen LogP contribution in [0.25, 0.3) is 88.4 Å². The minimum atomic E-state index is -0.538. The minimum Gasteiger partial charge on any atom is -0.310 e. The van der Waals surface area contributed by atoms with Gasteiger partial charge in [0.15, 0.2) is 0 Å². The first-order valence-corrected chi connectivity index (χ1v) is 26.3. The molecule has 0 atom stereocenters. The third-order valence-corrected chi connectivity index (χ3v) is 16.0. The van der Waals surface area contributed by atoms with E-state index in [2.05, 4.69) is 311 Å². The van der Waals surface area contributed by atoms with Crippen molar-refractivity contribution >= 4 is 60.7 Å². The van der Waals surface area contributed by atoms with Crippen LogP contribution in [-0.4, -0.2) is 9.13 Å². The van der Waals surface area contributed by atoms with Gasteiger partial charge in [-0.3, -0.25) is 0 Å². The molecule has 0 amide bonds. The summed E-state index contributed by atoms with van der Waals surface area (Å²) >= 11 is 0. The molecule has 0 radical (unpaired) electrons. The molecular weight excluding hydrogens is 919 g/mol. The lowest BCUT2D eigenvalue weighted by Crippen LogP contribution is -2.28. The predicted octanol–water partition coefficient (Wildman–Crippen LogP) is 19.0. The quantitative estimate of drug-likeness (QED) is 0.140. The molecular formula is C73H49N3. The van der Waals surface area contributed by atoms with Crippen molar-refractivity contribution in [3.05, 3.63) is 320 Å². The molecule has 14 aromatic rings. The van der Waals surface area contributed by atoms with Crippen molar-refractivity contribution in [2.24, 2.45) is 0 Å².